The van der Waals surface area contributed by atoms with Crippen molar-refractivity contribution in [2.45, 2.75) is 38.1 Å². The summed E-state index contributed by atoms with van der Waals surface area (Å²) in [6, 6.07) is 3.54. The molecule has 3 N–H and O–H groups in total. The summed E-state index contributed by atoms with van der Waals surface area (Å²) in [5.74, 6) is -5.71. The number of anilines is 1. The molecule has 0 saturated heterocycles. The third kappa shape index (κ3) is 5.28. The second kappa shape index (κ2) is 9.60. The van der Waals surface area contributed by atoms with Gasteiger partial charge < -0.3 is 15.8 Å². The van der Waals surface area contributed by atoms with Crippen molar-refractivity contribution in [1.82, 2.24) is 10.3 Å². The number of hydrogen-bond donors (Lipinski definition) is 2. The molecule has 1 atom stereocenters. The number of carbonyl (C=O) groups is 2. The fraction of sp³-hybridized carbons (Fsp3) is 0.381. The molecule has 1 aliphatic rings. The fourth-order valence-electron chi connectivity index (χ4n) is 3.46. The Morgan fingerprint density at radius 3 is 2.57 bits per heavy atom. The third-order valence-corrected chi connectivity index (χ3v) is 5.08. The number of nitrogens with two attached hydrogens (primary N) is 1. The molecule has 1 fully saturated rings. The SMILES string of the molecule is Nc1cc(CC(NC(=O)C2CCCC2)C(=O)COc2c(F)ccc(F)c2F)ccn1. The molecule has 0 spiro atoms. The van der Waals surface area contributed by atoms with Crippen LogP contribution in [-0.4, -0.2) is 29.3 Å². The van der Waals surface area contributed by atoms with E-state index in [1.165, 1.54) is 6.20 Å². The lowest BCUT2D eigenvalue weighted by Crippen LogP contribution is -2.46. The van der Waals surface area contributed by atoms with E-state index < -0.39 is 41.6 Å². The van der Waals surface area contributed by atoms with Gasteiger partial charge in [0.2, 0.25) is 11.7 Å². The summed E-state index contributed by atoms with van der Waals surface area (Å²) in [6.45, 7) is -0.743. The second-order valence-corrected chi connectivity index (χ2v) is 7.26. The number of nitrogen functional groups attached to an aromatic ring is 1. The standard InChI is InChI=1S/C21H22F3N3O3/c22-14-5-6-15(23)20(19(14)24)30-11-17(28)16(9-12-7-8-26-18(25)10-12)27-21(29)13-3-1-2-4-13/h5-8,10,13,16H,1-4,9,11H2,(H2,25,26)(H,27,29). The lowest BCUT2D eigenvalue weighted by atomic mass is 10.0. The van der Waals surface area contributed by atoms with Gasteiger partial charge in [-0.05, 0) is 42.7 Å². The summed E-state index contributed by atoms with van der Waals surface area (Å²) in [4.78, 5) is 29.2. The van der Waals surface area contributed by atoms with E-state index >= 15 is 0 Å². The molecule has 1 aromatic heterocycles. The number of aromatic nitrogens is 1. The topological polar surface area (TPSA) is 94.3 Å². The highest BCUT2D eigenvalue weighted by molar-refractivity contribution is 5.91. The fourth-order valence-corrected chi connectivity index (χ4v) is 3.46. The molecule has 1 aliphatic carbocycles. The summed E-state index contributed by atoms with van der Waals surface area (Å²) in [6.07, 6.45) is 4.94. The average molecular weight is 421 g/mol. The molecular weight excluding hydrogens is 399 g/mol. The van der Waals surface area contributed by atoms with Gasteiger partial charge in [0.25, 0.3) is 0 Å². The molecule has 0 aliphatic heterocycles. The van der Waals surface area contributed by atoms with Crippen LogP contribution < -0.4 is 15.8 Å². The predicted octanol–water partition coefficient (Wildman–Crippen LogP) is 2.95. The van der Waals surface area contributed by atoms with Gasteiger partial charge in [-0.3, -0.25) is 9.59 Å². The van der Waals surface area contributed by atoms with Gasteiger partial charge in [0.05, 0.1) is 6.04 Å². The Morgan fingerprint density at radius 2 is 1.87 bits per heavy atom. The quantitative estimate of drug-likeness (QED) is 0.639. The Balaban J connectivity index is 1.73. The van der Waals surface area contributed by atoms with E-state index in [0.717, 1.165) is 25.7 Å². The molecule has 1 amide bonds. The van der Waals surface area contributed by atoms with Crippen molar-refractivity contribution < 1.29 is 27.5 Å². The maximum atomic E-state index is 13.8. The number of amides is 1. The zero-order chi connectivity index (χ0) is 21.7. The van der Waals surface area contributed by atoms with Crippen LogP contribution in [0.2, 0.25) is 0 Å². The zero-order valence-electron chi connectivity index (χ0n) is 16.2. The van der Waals surface area contributed by atoms with Crippen LogP contribution in [0.1, 0.15) is 31.2 Å². The van der Waals surface area contributed by atoms with Crippen LogP contribution in [-0.2, 0) is 16.0 Å². The van der Waals surface area contributed by atoms with Crippen molar-refractivity contribution >= 4 is 17.5 Å². The largest absolute Gasteiger partial charge is 0.480 e. The van der Waals surface area contributed by atoms with Crippen molar-refractivity contribution in [3.05, 3.63) is 53.5 Å². The highest BCUT2D eigenvalue weighted by Crippen LogP contribution is 2.26. The number of Topliss-reactive ketones (excluding diaryl/α,β-unsaturated/α-hetero) is 1. The molecule has 9 heteroatoms. The van der Waals surface area contributed by atoms with E-state index in [1.54, 1.807) is 12.1 Å². The summed E-state index contributed by atoms with van der Waals surface area (Å²) < 4.78 is 45.8. The monoisotopic (exact) mass is 421 g/mol. The zero-order valence-corrected chi connectivity index (χ0v) is 16.2. The molecule has 1 heterocycles. The third-order valence-electron chi connectivity index (χ3n) is 5.08. The van der Waals surface area contributed by atoms with Crippen molar-refractivity contribution in [1.29, 1.82) is 0 Å². The first kappa shape index (κ1) is 21.6. The van der Waals surface area contributed by atoms with Crippen molar-refractivity contribution in [2.24, 2.45) is 5.92 Å². The van der Waals surface area contributed by atoms with Gasteiger partial charge >= 0.3 is 0 Å². The number of benzene rings is 1. The minimum Gasteiger partial charge on any atom is -0.480 e. The molecule has 2 aromatic rings. The molecule has 160 valence electrons. The van der Waals surface area contributed by atoms with Gasteiger partial charge in [-0.1, -0.05) is 12.8 Å². The van der Waals surface area contributed by atoms with Crippen molar-refractivity contribution in [2.75, 3.05) is 12.3 Å². The molecular formula is C21H22F3N3O3. The van der Waals surface area contributed by atoms with E-state index in [2.05, 4.69) is 10.3 Å². The molecule has 1 unspecified atom stereocenters. The van der Waals surface area contributed by atoms with Crippen LogP contribution in [0, 0.1) is 23.4 Å². The van der Waals surface area contributed by atoms with Crippen LogP contribution >= 0.6 is 0 Å². The van der Waals surface area contributed by atoms with E-state index in [9.17, 15) is 22.8 Å². The van der Waals surface area contributed by atoms with E-state index in [0.29, 0.717) is 17.7 Å². The molecule has 1 saturated carbocycles. The van der Waals surface area contributed by atoms with Gasteiger partial charge in [-0.2, -0.15) is 4.39 Å². The number of nitrogens with one attached hydrogen (secondary N) is 1. The first-order valence-electron chi connectivity index (χ1n) is 9.65. The summed E-state index contributed by atoms with van der Waals surface area (Å²) in [5.41, 5.74) is 6.32. The summed E-state index contributed by atoms with van der Waals surface area (Å²) in [5, 5.41) is 2.71. The van der Waals surface area contributed by atoms with Crippen LogP contribution in [0.5, 0.6) is 5.75 Å². The Bertz CT molecular complexity index is 933. The summed E-state index contributed by atoms with van der Waals surface area (Å²) in [7, 11) is 0. The number of ketones is 1. The number of rotatable bonds is 8. The van der Waals surface area contributed by atoms with E-state index in [-0.39, 0.29) is 24.1 Å². The van der Waals surface area contributed by atoms with Crippen LogP contribution in [0.3, 0.4) is 0 Å². The lowest BCUT2D eigenvalue weighted by molar-refractivity contribution is -0.131. The Morgan fingerprint density at radius 1 is 1.17 bits per heavy atom. The van der Waals surface area contributed by atoms with Gasteiger partial charge in [-0.25, -0.2) is 13.8 Å². The molecule has 3 rings (SSSR count). The number of ether oxygens (including phenoxy) is 1. The van der Waals surface area contributed by atoms with Crippen LogP contribution in [0.4, 0.5) is 19.0 Å². The lowest BCUT2D eigenvalue weighted by Gasteiger charge is -2.20. The highest BCUT2D eigenvalue weighted by Gasteiger charge is 2.28. The first-order chi connectivity index (χ1) is 14.3. The van der Waals surface area contributed by atoms with Crippen LogP contribution in [0.25, 0.3) is 0 Å². The maximum Gasteiger partial charge on any atom is 0.223 e. The van der Waals surface area contributed by atoms with E-state index in [1.807, 2.05) is 0 Å². The molecule has 0 radical (unpaired) electrons. The number of halogens is 3. The molecule has 30 heavy (non-hydrogen) atoms. The number of carbonyl (C=O) groups excluding carboxylic acids is 2. The normalized spacial score (nSPS) is 15.0. The number of nitrogens with zero attached hydrogens (tertiary/aromatic N) is 1. The summed E-state index contributed by atoms with van der Waals surface area (Å²) >= 11 is 0. The van der Waals surface area contributed by atoms with Gasteiger partial charge in [0.15, 0.2) is 23.2 Å². The predicted molar refractivity (Wildman–Crippen MR) is 103 cm³/mol. The van der Waals surface area contributed by atoms with Gasteiger partial charge in [0.1, 0.15) is 12.4 Å². The Labute approximate surface area is 171 Å². The number of hydrogen-bond acceptors (Lipinski definition) is 5. The Kier molecular flexibility index (Phi) is 6.91. The second-order valence-electron chi connectivity index (χ2n) is 7.26. The van der Waals surface area contributed by atoms with Crippen molar-refractivity contribution in [3.8, 4) is 5.75 Å². The van der Waals surface area contributed by atoms with Gasteiger partial charge in [-0.15, -0.1) is 0 Å². The first-order valence-corrected chi connectivity index (χ1v) is 9.65. The minimum absolute atomic E-state index is 0.0987. The Hall–Kier alpha value is -3.10. The average Bonchev–Trinajstić information content (AvgIpc) is 3.25. The van der Waals surface area contributed by atoms with E-state index in [4.69, 9.17) is 10.5 Å². The molecule has 1 aromatic carbocycles. The minimum atomic E-state index is -1.52. The molecule has 6 nitrogen and oxygen atoms in total. The highest BCUT2D eigenvalue weighted by atomic mass is 19.2. The smallest absolute Gasteiger partial charge is 0.223 e. The number of pyridine rings is 1. The van der Waals surface area contributed by atoms with Crippen LogP contribution in [0.15, 0.2) is 30.5 Å². The van der Waals surface area contributed by atoms with Gasteiger partial charge in [0, 0.05) is 18.5 Å². The maximum absolute atomic E-state index is 13.8. The van der Waals surface area contributed by atoms with Crippen molar-refractivity contribution in [3.63, 3.8) is 0 Å². The molecule has 0 bridgehead atoms.